The smallest absolute Gasteiger partial charge is 0.166 e. The fourth-order valence-electron chi connectivity index (χ4n) is 3.73. The lowest BCUT2D eigenvalue weighted by molar-refractivity contribution is 0.221. The van der Waals surface area contributed by atoms with Crippen LogP contribution in [0.25, 0.3) is 0 Å². The van der Waals surface area contributed by atoms with Gasteiger partial charge in [0.1, 0.15) is 11.9 Å². The Bertz CT molecular complexity index is 1030. The molecule has 3 aromatic carbocycles. The van der Waals surface area contributed by atoms with Crippen LogP contribution in [-0.2, 0) is 10.9 Å². The first-order valence-corrected chi connectivity index (χ1v) is 11.0. The summed E-state index contributed by atoms with van der Waals surface area (Å²) in [6, 6.07) is 29.5. The highest BCUT2D eigenvalue weighted by atomic mass is 32.2. The normalized spacial score (nSPS) is 20.2. The van der Waals surface area contributed by atoms with Gasteiger partial charge in [-0.1, -0.05) is 66.8 Å². The van der Waals surface area contributed by atoms with Gasteiger partial charge in [-0.25, -0.2) is 0 Å². The number of hydrogen-bond donors (Lipinski definition) is 0. The van der Waals surface area contributed by atoms with Gasteiger partial charge in [0, 0.05) is 10.4 Å². The topological polar surface area (TPSA) is 9.23 Å². The maximum Gasteiger partial charge on any atom is 0.166 e. The lowest BCUT2D eigenvalue weighted by Crippen LogP contribution is -2.36. The molecule has 2 atom stereocenters. The summed E-state index contributed by atoms with van der Waals surface area (Å²) >= 11 is 5.88. The Morgan fingerprint density at radius 1 is 0.750 bits per heavy atom. The maximum absolute atomic E-state index is 6.23. The van der Waals surface area contributed by atoms with Crippen LogP contribution in [0.2, 0.25) is 0 Å². The highest BCUT2D eigenvalue weighted by Gasteiger charge is 2.38. The van der Waals surface area contributed by atoms with Crippen molar-refractivity contribution in [2.45, 2.75) is 15.9 Å². The molecule has 3 aromatic rings. The summed E-state index contributed by atoms with van der Waals surface area (Å²) in [5.41, 5.74) is 1.05. The lowest BCUT2D eigenvalue weighted by Gasteiger charge is -2.32. The Kier molecular flexibility index (Phi) is 4.63. The lowest BCUT2D eigenvalue weighted by atomic mass is 9.87. The molecule has 1 aliphatic carbocycles. The number of hydrogen-bond acceptors (Lipinski definition) is 2. The summed E-state index contributed by atoms with van der Waals surface area (Å²) in [7, 11) is -0.166. The first kappa shape index (κ1) is 17.5. The van der Waals surface area contributed by atoms with E-state index in [1.54, 1.807) is 0 Å². The van der Waals surface area contributed by atoms with Gasteiger partial charge >= 0.3 is 0 Å². The minimum atomic E-state index is -0.166. The van der Waals surface area contributed by atoms with Gasteiger partial charge in [0.2, 0.25) is 0 Å². The van der Waals surface area contributed by atoms with Crippen molar-refractivity contribution in [1.82, 2.24) is 0 Å². The Labute approximate surface area is 173 Å². The van der Waals surface area contributed by atoms with Gasteiger partial charge in [0.25, 0.3) is 0 Å². The number of fused-ring (bicyclic) bond motifs is 2. The molecular formula is C25H19OS2+. The predicted molar refractivity (Wildman–Crippen MR) is 120 cm³/mol. The van der Waals surface area contributed by atoms with Crippen LogP contribution in [0.1, 0.15) is 5.56 Å². The Hall–Kier alpha value is -2.62. The van der Waals surface area contributed by atoms with Crippen molar-refractivity contribution >= 4 is 28.0 Å². The number of ether oxygens (including phenoxy) is 1. The standard InChI is InChI=1S/C25H19OS2/c27-25-21-13-7-8-14-23(21)26-24-16-15-20(17-22(24)25)28(18-9-3-1-4-10-18)19-11-5-2-6-12-19/h1-17,22,24H/q+1. The summed E-state index contributed by atoms with van der Waals surface area (Å²) in [6.07, 6.45) is 6.70. The van der Waals surface area contributed by atoms with Gasteiger partial charge in [-0.3, -0.25) is 0 Å². The zero-order valence-electron chi connectivity index (χ0n) is 15.2. The molecule has 3 heteroatoms. The van der Waals surface area contributed by atoms with Crippen LogP contribution in [0.4, 0.5) is 0 Å². The van der Waals surface area contributed by atoms with Crippen LogP contribution in [0.3, 0.4) is 0 Å². The molecule has 0 amide bonds. The van der Waals surface area contributed by atoms with Crippen LogP contribution in [0, 0.1) is 5.92 Å². The number of para-hydroxylation sites is 1. The third-order valence-corrected chi connectivity index (χ3v) is 7.78. The molecule has 136 valence electrons. The van der Waals surface area contributed by atoms with E-state index in [1.165, 1.54) is 14.7 Å². The van der Waals surface area contributed by atoms with Crippen molar-refractivity contribution in [2.24, 2.45) is 5.92 Å². The molecule has 0 aromatic heterocycles. The van der Waals surface area contributed by atoms with Crippen LogP contribution < -0.4 is 4.74 Å². The van der Waals surface area contributed by atoms with E-state index in [9.17, 15) is 0 Å². The summed E-state index contributed by atoms with van der Waals surface area (Å²) in [4.78, 5) is 4.89. The third-order valence-electron chi connectivity index (χ3n) is 5.06. The average molecular weight is 400 g/mol. The minimum absolute atomic E-state index is 0.0249. The molecule has 5 rings (SSSR count). The summed E-state index contributed by atoms with van der Waals surface area (Å²) in [5.74, 6) is 0.979. The van der Waals surface area contributed by atoms with Crippen molar-refractivity contribution in [3.05, 3.63) is 114 Å². The largest absolute Gasteiger partial charge is 0.485 e. The third kappa shape index (κ3) is 3.11. The Morgan fingerprint density at radius 3 is 2.04 bits per heavy atom. The van der Waals surface area contributed by atoms with Gasteiger partial charge in [-0.05, 0) is 48.6 Å². The van der Waals surface area contributed by atoms with Crippen LogP contribution in [0.15, 0.2) is 118 Å². The number of rotatable bonds is 3. The van der Waals surface area contributed by atoms with Crippen LogP contribution >= 0.6 is 12.2 Å². The molecule has 0 radical (unpaired) electrons. The van der Waals surface area contributed by atoms with Crippen molar-refractivity contribution < 1.29 is 4.74 Å². The quantitative estimate of drug-likeness (QED) is 0.396. The van der Waals surface area contributed by atoms with E-state index >= 15 is 0 Å². The molecule has 2 aliphatic rings. The summed E-state index contributed by atoms with van der Waals surface area (Å²) in [6.45, 7) is 0. The first-order chi connectivity index (χ1) is 13.8. The van der Waals surface area contributed by atoms with Gasteiger partial charge in [0.05, 0.1) is 16.8 Å². The van der Waals surface area contributed by atoms with E-state index in [4.69, 9.17) is 17.0 Å². The number of benzene rings is 3. The van der Waals surface area contributed by atoms with Gasteiger partial charge in [-0.2, -0.15) is 0 Å². The SMILES string of the molecule is S=C1c2ccccc2OC2C=CC([S+](c3ccccc3)c3ccccc3)=CC12. The van der Waals surface area contributed by atoms with E-state index in [1.807, 2.05) is 18.2 Å². The molecule has 2 unspecified atom stereocenters. The van der Waals surface area contributed by atoms with Crippen LogP contribution in [0.5, 0.6) is 5.75 Å². The molecule has 0 fully saturated rings. The fraction of sp³-hybridized carbons (Fsp3) is 0.0800. The van der Waals surface area contributed by atoms with Gasteiger partial charge in [0.15, 0.2) is 14.7 Å². The number of thiocarbonyl (C=S) groups is 1. The second-order valence-electron chi connectivity index (χ2n) is 6.83. The first-order valence-electron chi connectivity index (χ1n) is 9.35. The summed E-state index contributed by atoms with van der Waals surface area (Å²) in [5, 5.41) is 0. The van der Waals surface area contributed by atoms with Gasteiger partial charge in [-0.15, -0.1) is 0 Å². The second kappa shape index (κ2) is 7.42. The predicted octanol–water partition coefficient (Wildman–Crippen LogP) is 5.97. The second-order valence-corrected chi connectivity index (χ2v) is 9.30. The van der Waals surface area contributed by atoms with E-state index < -0.39 is 0 Å². The molecule has 0 bridgehead atoms. The molecule has 28 heavy (non-hydrogen) atoms. The van der Waals surface area contributed by atoms with Crippen molar-refractivity contribution in [2.75, 3.05) is 0 Å². The van der Waals surface area contributed by atoms with Crippen molar-refractivity contribution in [3.63, 3.8) is 0 Å². The van der Waals surface area contributed by atoms with E-state index in [0.29, 0.717) is 0 Å². The monoisotopic (exact) mass is 399 g/mol. The average Bonchev–Trinajstić information content (AvgIpc) is 2.76. The molecule has 0 saturated carbocycles. The zero-order chi connectivity index (χ0) is 18.9. The highest BCUT2D eigenvalue weighted by molar-refractivity contribution is 8.00. The van der Waals surface area contributed by atoms with Crippen molar-refractivity contribution in [1.29, 1.82) is 0 Å². The molecule has 0 spiro atoms. The van der Waals surface area contributed by atoms with E-state index in [2.05, 4.69) is 85.0 Å². The van der Waals surface area contributed by atoms with Crippen molar-refractivity contribution in [3.8, 4) is 5.75 Å². The highest BCUT2D eigenvalue weighted by Crippen LogP contribution is 2.39. The zero-order valence-corrected chi connectivity index (χ0v) is 16.8. The molecule has 0 N–H and O–H groups in total. The molecule has 1 nitrogen and oxygen atoms in total. The van der Waals surface area contributed by atoms with Gasteiger partial charge < -0.3 is 4.74 Å². The fourth-order valence-corrected chi connectivity index (χ4v) is 6.27. The van der Waals surface area contributed by atoms with Crippen LogP contribution in [-0.4, -0.2) is 11.0 Å². The molecule has 0 saturated heterocycles. The molecule has 1 heterocycles. The van der Waals surface area contributed by atoms with E-state index in [0.717, 1.165) is 16.2 Å². The number of allylic oxidation sites excluding steroid dienone is 1. The summed E-state index contributed by atoms with van der Waals surface area (Å²) < 4.78 is 6.23. The maximum atomic E-state index is 6.23. The Balaban J connectivity index is 1.58. The molecule has 1 aliphatic heterocycles. The Morgan fingerprint density at radius 2 is 1.36 bits per heavy atom. The van der Waals surface area contributed by atoms with E-state index in [-0.39, 0.29) is 22.9 Å². The minimum Gasteiger partial charge on any atom is -0.485 e. The molecular weight excluding hydrogens is 380 g/mol.